The van der Waals surface area contributed by atoms with Crippen molar-refractivity contribution in [2.24, 2.45) is 0 Å². The number of nitrogens with one attached hydrogen (secondary N) is 1. The number of carbonyl (C=O) groups excluding carboxylic acids is 1. The van der Waals surface area contributed by atoms with Gasteiger partial charge in [0.25, 0.3) is 5.78 Å². The van der Waals surface area contributed by atoms with E-state index in [0.29, 0.717) is 41.9 Å². The Morgan fingerprint density at radius 2 is 1.86 bits per heavy atom. The molecule has 0 saturated carbocycles. The Balaban J connectivity index is 1.81. The van der Waals surface area contributed by atoms with Crippen molar-refractivity contribution in [2.75, 3.05) is 24.3 Å². The number of fused-ring (bicyclic) bond motifs is 1. The number of aryl methyl sites for hydroxylation is 2. The molecule has 0 saturated heterocycles. The second-order valence-electron chi connectivity index (χ2n) is 6.20. The van der Waals surface area contributed by atoms with Crippen LogP contribution in [0.25, 0.3) is 5.78 Å². The van der Waals surface area contributed by atoms with Gasteiger partial charge >= 0.3 is 0 Å². The summed E-state index contributed by atoms with van der Waals surface area (Å²) in [5.74, 6) is 1.63. The van der Waals surface area contributed by atoms with Gasteiger partial charge in [0, 0.05) is 28.7 Å². The average Bonchev–Trinajstić information content (AvgIpc) is 3.01. The van der Waals surface area contributed by atoms with Gasteiger partial charge in [-0.25, -0.2) is 4.98 Å². The van der Waals surface area contributed by atoms with Crippen molar-refractivity contribution in [2.45, 2.75) is 34.1 Å². The summed E-state index contributed by atoms with van der Waals surface area (Å²) >= 11 is 0. The number of amides is 1. The summed E-state index contributed by atoms with van der Waals surface area (Å²) in [6.45, 7) is 8.54. The largest absolute Gasteiger partial charge is 0.490 e. The van der Waals surface area contributed by atoms with Crippen LogP contribution in [-0.4, -0.2) is 38.7 Å². The molecule has 0 aliphatic rings. The molecule has 0 aliphatic carbocycles. The third-order valence-electron chi connectivity index (χ3n) is 4.23. The highest BCUT2D eigenvalue weighted by Crippen LogP contribution is 2.30. The number of benzene rings is 1. The smallest absolute Gasteiger partial charge is 0.254 e. The van der Waals surface area contributed by atoms with Crippen LogP contribution in [0.1, 0.15) is 30.8 Å². The topological polar surface area (TPSA) is 117 Å². The number of hydrogen-bond donors (Lipinski definition) is 2. The number of aromatic nitrogens is 4. The first-order valence-corrected chi connectivity index (χ1v) is 9.10. The zero-order chi connectivity index (χ0) is 20.3. The van der Waals surface area contributed by atoms with Crippen LogP contribution >= 0.6 is 0 Å². The maximum atomic E-state index is 12.6. The van der Waals surface area contributed by atoms with Crippen molar-refractivity contribution in [1.29, 1.82) is 0 Å². The van der Waals surface area contributed by atoms with Crippen LogP contribution in [-0.2, 0) is 11.2 Å². The van der Waals surface area contributed by atoms with E-state index in [-0.39, 0.29) is 18.3 Å². The predicted octanol–water partition coefficient (Wildman–Crippen LogP) is 2.30. The quantitative estimate of drug-likeness (QED) is 0.642. The lowest BCUT2D eigenvalue weighted by atomic mass is 10.1. The molecule has 0 atom stereocenters. The molecule has 9 heteroatoms. The van der Waals surface area contributed by atoms with Crippen LogP contribution < -0.4 is 20.5 Å². The number of rotatable bonds is 7. The van der Waals surface area contributed by atoms with Crippen LogP contribution in [0, 0.1) is 13.8 Å². The van der Waals surface area contributed by atoms with E-state index < -0.39 is 0 Å². The van der Waals surface area contributed by atoms with Crippen LogP contribution in [0.2, 0.25) is 0 Å². The SMILES string of the molecule is CCOc1ccc(NC(=O)Cc2c(C)nc3nc(N)nn3c2C)cc1OCC. The molecule has 2 heterocycles. The van der Waals surface area contributed by atoms with E-state index in [1.807, 2.05) is 27.7 Å². The molecule has 1 aromatic carbocycles. The summed E-state index contributed by atoms with van der Waals surface area (Å²) in [5.41, 5.74) is 8.56. The molecular weight excluding hydrogens is 360 g/mol. The molecule has 148 valence electrons. The van der Waals surface area contributed by atoms with Crippen LogP contribution in [0.4, 0.5) is 11.6 Å². The Labute approximate surface area is 162 Å². The summed E-state index contributed by atoms with van der Waals surface area (Å²) in [4.78, 5) is 21.1. The van der Waals surface area contributed by atoms with Gasteiger partial charge in [-0.05, 0) is 39.8 Å². The van der Waals surface area contributed by atoms with E-state index in [1.165, 1.54) is 0 Å². The van der Waals surface area contributed by atoms with E-state index in [0.717, 1.165) is 11.3 Å². The number of anilines is 2. The van der Waals surface area contributed by atoms with Gasteiger partial charge in [0.1, 0.15) is 0 Å². The number of nitrogens with zero attached hydrogens (tertiary/aromatic N) is 4. The Morgan fingerprint density at radius 1 is 1.14 bits per heavy atom. The van der Waals surface area contributed by atoms with E-state index in [4.69, 9.17) is 15.2 Å². The van der Waals surface area contributed by atoms with Gasteiger partial charge in [-0.15, -0.1) is 5.10 Å². The summed E-state index contributed by atoms with van der Waals surface area (Å²) in [7, 11) is 0. The van der Waals surface area contributed by atoms with Crippen molar-refractivity contribution >= 4 is 23.3 Å². The van der Waals surface area contributed by atoms with Gasteiger partial charge in [-0.1, -0.05) is 0 Å². The fraction of sp³-hybridized carbons (Fsp3) is 0.368. The average molecular weight is 384 g/mol. The minimum absolute atomic E-state index is 0.148. The summed E-state index contributed by atoms with van der Waals surface area (Å²) < 4.78 is 12.7. The second-order valence-corrected chi connectivity index (χ2v) is 6.20. The first-order valence-electron chi connectivity index (χ1n) is 9.10. The number of carbonyl (C=O) groups is 1. The molecule has 0 bridgehead atoms. The third-order valence-corrected chi connectivity index (χ3v) is 4.23. The van der Waals surface area contributed by atoms with Gasteiger partial charge in [-0.2, -0.15) is 9.50 Å². The normalized spacial score (nSPS) is 10.9. The Morgan fingerprint density at radius 3 is 2.57 bits per heavy atom. The molecule has 0 aliphatic heterocycles. The van der Waals surface area contributed by atoms with Crippen molar-refractivity contribution in [3.8, 4) is 11.5 Å². The minimum Gasteiger partial charge on any atom is -0.490 e. The molecule has 3 rings (SSSR count). The van der Waals surface area contributed by atoms with Crippen molar-refractivity contribution < 1.29 is 14.3 Å². The first kappa shape index (κ1) is 19.4. The number of nitrogen functional groups attached to an aromatic ring is 1. The van der Waals surface area contributed by atoms with Gasteiger partial charge < -0.3 is 20.5 Å². The highest BCUT2D eigenvalue weighted by Gasteiger charge is 2.16. The molecule has 0 unspecified atom stereocenters. The van der Waals surface area contributed by atoms with E-state index >= 15 is 0 Å². The highest BCUT2D eigenvalue weighted by atomic mass is 16.5. The lowest BCUT2D eigenvalue weighted by molar-refractivity contribution is -0.115. The second kappa shape index (κ2) is 8.12. The zero-order valence-electron chi connectivity index (χ0n) is 16.4. The number of nitrogens with two attached hydrogens (primary N) is 1. The maximum Gasteiger partial charge on any atom is 0.254 e. The van der Waals surface area contributed by atoms with Crippen molar-refractivity contribution in [3.05, 3.63) is 35.2 Å². The maximum absolute atomic E-state index is 12.6. The third kappa shape index (κ3) is 3.98. The molecule has 0 spiro atoms. The van der Waals surface area contributed by atoms with E-state index in [9.17, 15) is 4.79 Å². The van der Waals surface area contributed by atoms with Crippen LogP contribution in [0.15, 0.2) is 18.2 Å². The fourth-order valence-electron chi connectivity index (χ4n) is 2.97. The first-order chi connectivity index (χ1) is 13.4. The van der Waals surface area contributed by atoms with E-state index in [2.05, 4.69) is 20.4 Å². The monoisotopic (exact) mass is 384 g/mol. The fourth-order valence-corrected chi connectivity index (χ4v) is 2.97. The Kier molecular flexibility index (Phi) is 5.62. The van der Waals surface area contributed by atoms with Crippen molar-refractivity contribution in [1.82, 2.24) is 19.6 Å². The number of ether oxygens (including phenoxy) is 2. The Hall–Kier alpha value is -3.36. The highest BCUT2D eigenvalue weighted by molar-refractivity contribution is 5.92. The molecule has 0 fully saturated rings. The lowest BCUT2D eigenvalue weighted by Gasteiger charge is -2.14. The van der Waals surface area contributed by atoms with Gasteiger partial charge in [0.05, 0.1) is 19.6 Å². The van der Waals surface area contributed by atoms with Gasteiger partial charge in [-0.3, -0.25) is 4.79 Å². The molecule has 9 nitrogen and oxygen atoms in total. The molecule has 28 heavy (non-hydrogen) atoms. The minimum atomic E-state index is -0.174. The standard InChI is InChI=1S/C19H24N6O3/c1-5-27-15-8-7-13(9-16(15)28-6-2)22-17(26)10-14-11(3)21-19-23-18(20)24-25(19)12(14)4/h7-9H,5-6,10H2,1-4H3,(H2,20,24)(H,22,26). The predicted molar refractivity (Wildman–Crippen MR) is 106 cm³/mol. The van der Waals surface area contributed by atoms with Gasteiger partial charge in [0.2, 0.25) is 11.9 Å². The van der Waals surface area contributed by atoms with Gasteiger partial charge in [0.15, 0.2) is 11.5 Å². The molecular formula is C19H24N6O3. The molecule has 3 N–H and O–H groups in total. The van der Waals surface area contributed by atoms with Crippen LogP contribution in [0.3, 0.4) is 0 Å². The molecule has 0 radical (unpaired) electrons. The molecule has 2 aromatic heterocycles. The van der Waals surface area contributed by atoms with E-state index in [1.54, 1.807) is 22.7 Å². The summed E-state index contributed by atoms with van der Waals surface area (Å²) in [5, 5.41) is 7.02. The zero-order valence-corrected chi connectivity index (χ0v) is 16.4. The lowest BCUT2D eigenvalue weighted by Crippen LogP contribution is -2.18. The summed E-state index contributed by atoms with van der Waals surface area (Å²) in [6.07, 6.45) is 0.150. The van der Waals surface area contributed by atoms with Crippen molar-refractivity contribution in [3.63, 3.8) is 0 Å². The number of hydrogen-bond acceptors (Lipinski definition) is 7. The molecule has 1 amide bonds. The summed E-state index contributed by atoms with van der Waals surface area (Å²) in [6, 6.07) is 5.32. The molecule has 3 aromatic rings. The Bertz CT molecular complexity index is 1010. The van der Waals surface area contributed by atoms with Crippen LogP contribution in [0.5, 0.6) is 11.5 Å².